The minimum absolute atomic E-state index is 0.0268. The van der Waals surface area contributed by atoms with Gasteiger partial charge in [-0.25, -0.2) is 0 Å². The summed E-state index contributed by atoms with van der Waals surface area (Å²) in [6.45, 7) is 6.49. The Morgan fingerprint density at radius 1 is 1.11 bits per heavy atom. The average molecular weight is 366 g/mol. The van der Waals surface area contributed by atoms with Crippen LogP contribution in [0.2, 0.25) is 0 Å². The first-order valence-electron chi connectivity index (χ1n) is 9.34. The topological polar surface area (TPSA) is 69.6 Å². The van der Waals surface area contributed by atoms with Crippen molar-refractivity contribution < 1.29 is 14.7 Å². The maximum absolute atomic E-state index is 12.7. The molecule has 1 aliphatic rings. The molecule has 1 saturated heterocycles. The Hall–Kier alpha value is -2.82. The molecule has 0 spiro atoms. The lowest BCUT2D eigenvalue weighted by Crippen LogP contribution is -2.34. The molecule has 5 nitrogen and oxygen atoms in total. The number of hydrogen-bond donors (Lipinski definition) is 2. The van der Waals surface area contributed by atoms with Crippen LogP contribution >= 0.6 is 0 Å². The van der Waals surface area contributed by atoms with Crippen LogP contribution in [0.25, 0.3) is 0 Å². The maximum Gasteiger partial charge on any atom is 0.227 e. The number of nitrogens with one attached hydrogen (secondary N) is 1. The highest BCUT2D eigenvalue weighted by Gasteiger charge is 2.35. The van der Waals surface area contributed by atoms with E-state index in [1.165, 1.54) is 5.56 Å². The third kappa shape index (κ3) is 4.30. The van der Waals surface area contributed by atoms with Gasteiger partial charge in [-0.05, 0) is 48.2 Å². The van der Waals surface area contributed by atoms with Gasteiger partial charge in [0, 0.05) is 18.7 Å². The SMILES string of the molecule is CC(C)c1cccc(N2CC(C(=O)NC(C)c3cccc(O)c3)CC2=O)c1. The summed E-state index contributed by atoms with van der Waals surface area (Å²) < 4.78 is 0. The number of phenolic OH excluding ortho intramolecular Hbond substituents is 1. The minimum atomic E-state index is -0.375. The van der Waals surface area contributed by atoms with Crippen molar-refractivity contribution in [2.24, 2.45) is 5.92 Å². The number of anilines is 1. The molecule has 2 N–H and O–H groups in total. The van der Waals surface area contributed by atoms with Crippen molar-refractivity contribution >= 4 is 17.5 Å². The summed E-state index contributed by atoms with van der Waals surface area (Å²) in [5, 5.41) is 12.6. The first kappa shape index (κ1) is 19.0. The van der Waals surface area contributed by atoms with Gasteiger partial charge in [0.2, 0.25) is 11.8 Å². The predicted molar refractivity (Wildman–Crippen MR) is 106 cm³/mol. The summed E-state index contributed by atoms with van der Waals surface area (Å²) in [5.41, 5.74) is 2.85. The highest BCUT2D eigenvalue weighted by Crippen LogP contribution is 2.28. The second-order valence-electron chi connectivity index (χ2n) is 7.48. The molecular formula is C22H26N2O3. The molecule has 0 bridgehead atoms. The average Bonchev–Trinajstić information content (AvgIpc) is 3.03. The fourth-order valence-electron chi connectivity index (χ4n) is 3.39. The second kappa shape index (κ2) is 7.82. The Morgan fingerprint density at radius 2 is 1.81 bits per heavy atom. The number of rotatable bonds is 5. The van der Waals surface area contributed by atoms with Gasteiger partial charge >= 0.3 is 0 Å². The number of carbonyl (C=O) groups is 2. The van der Waals surface area contributed by atoms with Gasteiger partial charge < -0.3 is 15.3 Å². The number of phenols is 1. The van der Waals surface area contributed by atoms with E-state index in [1.807, 2.05) is 31.2 Å². The monoisotopic (exact) mass is 366 g/mol. The van der Waals surface area contributed by atoms with E-state index in [0.717, 1.165) is 11.3 Å². The lowest BCUT2D eigenvalue weighted by atomic mass is 10.0. The van der Waals surface area contributed by atoms with E-state index in [2.05, 4.69) is 25.2 Å². The van der Waals surface area contributed by atoms with Gasteiger partial charge in [-0.15, -0.1) is 0 Å². The van der Waals surface area contributed by atoms with Crippen LogP contribution in [0.1, 0.15) is 50.3 Å². The fourth-order valence-corrected chi connectivity index (χ4v) is 3.39. The third-order valence-corrected chi connectivity index (χ3v) is 5.07. The molecule has 1 heterocycles. The molecule has 2 atom stereocenters. The predicted octanol–water partition coefficient (Wildman–Crippen LogP) is 3.75. The normalized spacial score (nSPS) is 18.0. The molecule has 2 aromatic rings. The molecule has 0 aromatic heterocycles. The first-order chi connectivity index (χ1) is 12.8. The van der Waals surface area contributed by atoms with Crippen LogP contribution in [0, 0.1) is 5.92 Å². The lowest BCUT2D eigenvalue weighted by molar-refractivity contribution is -0.126. The van der Waals surface area contributed by atoms with Crippen molar-refractivity contribution in [1.29, 1.82) is 0 Å². The molecular weight excluding hydrogens is 340 g/mol. The Labute approximate surface area is 160 Å². The lowest BCUT2D eigenvalue weighted by Gasteiger charge is -2.20. The standard InChI is InChI=1S/C22H26N2O3/c1-14(2)16-6-4-8-19(10-16)24-13-18(12-21(24)26)22(27)23-15(3)17-7-5-9-20(25)11-17/h4-11,14-15,18,25H,12-13H2,1-3H3,(H,23,27). The van der Waals surface area contributed by atoms with Crippen molar-refractivity contribution in [3.8, 4) is 5.75 Å². The van der Waals surface area contributed by atoms with Gasteiger partial charge in [0.15, 0.2) is 0 Å². The number of carbonyl (C=O) groups excluding carboxylic acids is 2. The summed E-state index contributed by atoms with van der Waals surface area (Å²) in [4.78, 5) is 26.8. The zero-order valence-electron chi connectivity index (χ0n) is 16.0. The van der Waals surface area contributed by atoms with Gasteiger partial charge in [-0.2, -0.15) is 0 Å². The van der Waals surface area contributed by atoms with Gasteiger partial charge in [0.1, 0.15) is 5.75 Å². The zero-order chi connectivity index (χ0) is 19.6. The molecule has 0 saturated carbocycles. The highest BCUT2D eigenvalue weighted by molar-refractivity contribution is 6.00. The summed E-state index contributed by atoms with van der Waals surface area (Å²) in [5.74, 6) is 0.00785. The molecule has 27 heavy (non-hydrogen) atoms. The Balaban J connectivity index is 1.68. The number of nitrogens with zero attached hydrogens (tertiary/aromatic N) is 1. The molecule has 5 heteroatoms. The molecule has 2 amide bonds. The van der Waals surface area contributed by atoms with Crippen LogP contribution in [0.15, 0.2) is 48.5 Å². The first-order valence-corrected chi connectivity index (χ1v) is 9.34. The zero-order valence-corrected chi connectivity index (χ0v) is 16.0. The van der Waals surface area contributed by atoms with Crippen LogP contribution in [0.5, 0.6) is 5.75 Å². The quantitative estimate of drug-likeness (QED) is 0.847. The molecule has 2 unspecified atom stereocenters. The number of aromatic hydroxyl groups is 1. The molecule has 1 fully saturated rings. The van der Waals surface area contributed by atoms with Crippen molar-refractivity contribution in [3.63, 3.8) is 0 Å². The largest absolute Gasteiger partial charge is 0.508 e. The number of amides is 2. The van der Waals surface area contributed by atoms with E-state index in [1.54, 1.807) is 23.1 Å². The van der Waals surface area contributed by atoms with Crippen LogP contribution in [0.3, 0.4) is 0 Å². The summed E-state index contributed by atoms with van der Waals surface area (Å²) in [6.07, 6.45) is 0.213. The molecule has 0 radical (unpaired) electrons. The Bertz CT molecular complexity index is 847. The van der Waals surface area contributed by atoms with Crippen molar-refractivity contribution in [3.05, 3.63) is 59.7 Å². The van der Waals surface area contributed by atoms with Gasteiger partial charge in [-0.3, -0.25) is 9.59 Å². The van der Waals surface area contributed by atoms with Crippen LogP contribution in [0.4, 0.5) is 5.69 Å². The smallest absolute Gasteiger partial charge is 0.227 e. The molecule has 1 aliphatic heterocycles. The van der Waals surface area contributed by atoms with E-state index in [-0.39, 0.29) is 35.9 Å². The third-order valence-electron chi connectivity index (χ3n) is 5.07. The van der Waals surface area contributed by atoms with Crippen LogP contribution in [-0.2, 0) is 9.59 Å². The minimum Gasteiger partial charge on any atom is -0.508 e. The van der Waals surface area contributed by atoms with Crippen molar-refractivity contribution in [1.82, 2.24) is 5.32 Å². The van der Waals surface area contributed by atoms with Gasteiger partial charge in [0.05, 0.1) is 12.0 Å². The summed E-state index contributed by atoms with van der Waals surface area (Å²) in [6, 6.07) is 14.5. The highest BCUT2D eigenvalue weighted by atomic mass is 16.3. The van der Waals surface area contributed by atoms with E-state index in [9.17, 15) is 14.7 Å². The summed E-state index contributed by atoms with van der Waals surface area (Å²) in [7, 11) is 0. The molecule has 3 rings (SSSR count). The van der Waals surface area contributed by atoms with Crippen molar-refractivity contribution in [2.45, 2.75) is 39.2 Å². The second-order valence-corrected chi connectivity index (χ2v) is 7.48. The van der Waals surface area contributed by atoms with E-state index >= 15 is 0 Å². The van der Waals surface area contributed by atoms with E-state index < -0.39 is 0 Å². The van der Waals surface area contributed by atoms with Crippen molar-refractivity contribution in [2.75, 3.05) is 11.4 Å². The van der Waals surface area contributed by atoms with Crippen LogP contribution < -0.4 is 10.2 Å². The summed E-state index contributed by atoms with van der Waals surface area (Å²) >= 11 is 0. The Morgan fingerprint density at radius 3 is 2.52 bits per heavy atom. The fraction of sp³-hybridized carbons (Fsp3) is 0.364. The van der Waals surface area contributed by atoms with E-state index in [4.69, 9.17) is 0 Å². The molecule has 142 valence electrons. The van der Waals surface area contributed by atoms with Gasteiger partial charge in [-0.1, -0.05) is 38.1 Å². The van der Waals surface area contributed by atoms with Crippen LogP contribution in [-0.4, -0.2) is 23.5 Å². The maximum atomic E-state index is 12.7. The number of hydrogen-bond acceptors (Lipinski definition) is 3. The Kier molecular flexibility index (Phi) is 5.49. The number of benzene rings is 2. The molecule has 2 aromatic carbocycles. The van der Waals surface area contributed by atoms with Gasteiger partial charge in [0.25, 0.3) is 0 Å². The molecule has 0 aliphatic carbocycles. The van der Waals surface area contributed by atoms with E-state index in [0.29, 0.717) is 12.5 Å².